The van der Waals surface area contributed by atoms with Crippen LogP contribution in [-0.2, 0) is 6.54 Å². The highest BCUT2D eigenvalue weighted by atomic mass is 16.3. The number of nitrogens with one attached hydrogen (secondary N) is 1. The summed E-state index contributed by atoms with van der Waals surface area (Å²) < 4.78 is 0. The maximum Gasteiger partial charge on any atom is 0.128 e. The van der Waals surface area contributed by atoms with Crippen LogP contribution in [0.25, 0.3) is 0 Å². The summed E-state index contributed by atoms with van der Waals surface area (Å²) in [5.74, 6) is 0.976. The largest absolute Gasteiger partial charge is 0.387 e. The minimum absolute atomic E-state index is 0.427. The van der Waals surface area contributed by atoms with Crippen LogP contribution >= 0.6 is 0 Å². The third kappa shape index (κ3) is 5.05. The fraction of sp³-hybridized carbons (Fsp3) is 0.421. The molecule has 0 unspecified atom stereocenters. The van der Waals surface area contributed by atoms with Gasteiger partial charge >= 0.3 is 0 Å². The van der Waals surface area contributed by atoms with Crippen molar-refractivity contribution in [2.75, 3.05) is 18.5 Å². The quantitative estimate of drug-likeness (QED) is 0.825. The van der Waals surface area contributed by atoms with E-state index >= 15 is 0 Å². The van der Waals surface area contributed by atoms with Crippen LogP contribution in [0.1, 0.15) is 36.6 Å². The zero-order valence-corrected chi connectivity index (χ0v) is 14.5. The molecule has 1 aromatic carbocycles. The Bertz CT molecular complexity index is 610. The van der Waals surface area contributed by atoms with E-state index in [1.165, 1.54) is 0 Å². The van der Waals surface area contributed by atoms with Gasteiger partial charge in [-0.25, -0.2) is 4.98 Å². The summed E-state index contributed by atoms with van der Waals surface area (Å²) in [6, 6.07) is 12.5. The van der Waals surface area contributed by atoms with Crippen molar-refractivity contribution < 1.29 is 5.11 Å². The minimum Gasteiger partial charge on any atom is -0.387 e. The van der Waals surface area contributed by atoms with Crippen molar-refractivity contribution in [1.29, 1.82) is 0 Å². The number of rotatable bonds is 7. The molecule has 0 bridgehead atoms. The van der Waals surface area contributed by atoms with Crippen molar-refractivity contribution >= 4 is 5.82 Å². The zero-order valence-electron chi connectivity index (χ0n) is 14.5. The summed E-state index contributed by atoms with van der Waals surface area (Å²) in [5.41, 5.74) is 3.22. The lowest BCUT2D eigenvalue weighted by Crippen LogP contribution is -2.26. The lowest BCUT2D eigenvalue weighted by atomic mass is 10.1. The summed E-state index contributed by atoms with van der Waals surface area (Å²) in [4.78, 5) is 6.63. The van der Waals surface area contributed by atoms with Gasteiger partial charge in [0, 0.05) is 32.4 Å². The third-order valence-corrected chi connectivity index (χ3v) is 4.04. The second kappa shape index (κ2) is 8.09. The van der Waals surface area contributed by atoms with Crippen LogP contribution in [0, 0.1) is 6.92 Å². The highest BCUT2D eigenvalue weighted by Gasteiger charge is 2.08. The van der Waals surface area contributed by atoms with Crippen LogP contribution in [-0.4, -0.2) is 29.7 Å². The fourth-order valence-electron chi connectivity index (χ4n) is 2.34. The Morgan fingerprint density at radius 3 is 2.61 bits per heavy atom. The first-order valence-electron chi connectivity index (χ1n) is 8.10. The highest BCUT2D eigenvalue weighted by molar-refractivity contribution is 5.39. The van der Waals surface area contributed by atoms with Crippen LogP contribution in [0.5, 0.6) is 0 Å². The molecule has 0 radical (unpaired) electrons. The van der Waals surface area contributed by atoms with Crippen LogP contribution in [0.3, 0.4) is 0 Å². The van der Waals surface area contributed by atoms with Gasteiger partial charge in [0.25, 0.3) is 0 Å². The van der Waals surface area contributed by atoms with Crippen molar-refractivity contribution in [2.45, 2.75) is 39.5 Å². The Morgan fingerprint density at radius 2 is 2.00 bits per heavy atom. The van der Waals surface area contributed by atoms with Gasteiger partial charge in [-0.2, -0.15) is 0 Å². The third-order valence-electron chi connectivity index (χ3n) is 4.04. The molecule has 4 heteroatoms. The van der Waals surface area contributed by atoms with Crippen molar-refractivity contribution in [3.8, 4) is 0 Å². The van der Waals surface area contributed by atoms with E-state index in [9.17, 15) is 5.11 Å². The van der Waals surface area contributed by atoms with E-state index in [1.54, 1.807) is 0 Å². The Labute approximate surface area is 139 Å². The number of aliphatic hydroxyl groups excluding tert-OH is 1. The van der Waals surface area contributed by atoms with Crippen molar-refractivity contribution in [3.05, 3.63) is 59.3 Å². The van der Waals surface area contributed by atoms with E-state index in [0.29, 0.717) is 19.1 Å². The van der Waals surface area contributed by atoms with Gasteiger partial charge in [0.15, 0.2) is 0 Å². The molecule has 0 aliphatic heterocycles. The average molecular weight is 313 g/mol. The highest BCUT2D eigenvalue weighted by Crippen LogP contribution is 2.14. The number of hydrogen-bond acceptors (Lipinski definition) is 4. The molecule has 0 saturated heterocycles. The smallest absolute Gasteiger partial charge is 0.128 e. The number of benzene rings is 1. The number of aliphatic hydroxyl groups is 1. The van der Waals surface area contributed by atoms with Gasteiger partial charge in [0.1, 0.15) is 5.82 Å². The Hall–Kier alpha value is -1.91. The molecule has 0 spiro atoms. The number of anilines is 1. The van der Waals surface area contributed by atoms with Crippen molar-refractivity contribution in [2.24, 2.45) is 0 Å². The Balaban J connectivity index is 1.84. The van der Waals surface area contributed by atoms with Gasteiger partial charge in [0.2, 0.25) is 0 Å². The van der Waals surface area contributed by atoms with Crippen LogP contribution in [0.15, 0.2) is 42.6 Å². The fourth-order valence-corrected chi connectivity index (χ4v) is 2.34. The van der Waals surface area contributed by atoms with Crippen LogP contribution in [0.4, 0.5) is 5.82 Å². The number of aromatic nitrogens is 1. The normalized spacial score (nSPS) is 12.4. The predicted octanol–water partition coefficient (Wildman–Crippen LogP) is 3.06. The van der Waals surface area contributed by atoms with Crippen LogP contribution < -0.4 is 10.2 Å². The summed E-state index contributed by atoms with van der Waals surface area (Å²) in [5, 5.41) is 13.5. The molecule has 0 saturated carbocycles. The molecule has 1 aromatic heterocycles. The first-order chi connectivity index (χ1) is 11.0. The molecule has 23 heavy (non-hydrogen) atoms. The molecule has 0 amide bonds. The number of nitrogens with zero attached hydrogens (tertiary/aromatic N) is 2. The lowest BCUT2D eigenvalue weighted by molar-refractivity contribution is 0.174. The van der Waals surface area contributed by atoms with E-state index in [1.807, 2.05) is 50.5 Å². The maximum absolute atomic E-state index is 10.2. The first-order valence-corrected chi connectivity index (χ1v) is 8.10. The molecular weight excluding hydrogens is 286 g/mol. The summed E-state index contributed by atoms with van der Waals surface area (Å²) >= 11 is 0. The van der Waals surface area contributed by atoms with Crippen molar-refractivity contribution in [3.63, 3.8) is 0 Å². The van der Waals surface area contributed by atoms with Gasteiger partial charge in [0.05, 0.1) is 6.10 Å². The first kappa shape index (κ1) is 17.4. The minimum atomic E-state index is -0.491. The topological polar surface area (TPSA) is 48.4 Å². The van der Waals surface area contributed by atoms with E-state index in [4.69, 9.17) is 0 Å². The number of pyridine rings is 1. The molecule has 0 aliphatic carbocycles. The molecule has 2 aromatic rings. The van der Waals surface area contributed by atoms with Crippen LogP contribution in [0.2, 0.25) is 0 Å². The summed E-state index contributed by atoms with van der Waals surface area (Å²) in [6.07, 6.45) is 1.40. The molecule has 0 aliphatic rings. The van der Waals surface area contributed by atoms with Gasteiger partial charge in [-0.1, -0.05) is 35.9 Å². The van der Waals surface area contributed by atoms with Crippen molar-refractivity contribution in [1.82, 2.24) is 10.3 Å². The molecule has 124 valence electrons. The summed E-state index contributed by atoms with van der Waals surface area (Å²) in [6.45, 7) is 7.54. The standard InChI is InChI=1S/C19H27N3O/c1-14(2)22(4)19-9-8-16(12-21-19)11-20-13-18(23)17-7-5-6-15(3)10-17/h5-10,12,14,18,20,23H,11,13H2,1-4H3/t18-/m1/s1. The number of hydrogen-bond donors (Lipinski definition) is 2. The molecular formula is C19H27N3O. The Morgan fingerprint density at radius 1 is 1.22 bits per heavy atom. The number of aryl methyl sites for hydroxylation is 1. The molecule has 1 atom stereocenters. The van der Waals surface area contributed by atoms with Gasteiger partial charge in [-0.3, -0.25) is 0 Å². The van der Waals surface area contributed by atoms with Gasteiger partial charge in [-0.05, 0) is 38.0 Å². The second-order valence-corrected chi connectivity index (χ2v) is 6.29. The van der Waals surface area contributed by atoms with E-state index < -0.39 is 6.10 Å². The molecule has 2 rings (SSSR count). The average Bonchev–Trinajstić information content (AvgIpc) is 2.54. The lowest BCUT2D eigenvalue weighted by Gasteiger charge is -2.22. The molecule has 4 nitrogen and oxygen atoms in total. The van der Waals surface area contributed by atoms with Gasteiger partial charge < -0.3 is 15.3 Å². The SMILES string of the molecule is Cc1cccc([C@H](O)CNCc2ccc(N(C)C(C)C)nc2)c1. The monoisotopic (exact) mass is 313 g/mol. The van der Waals surface area contributed by atoms with Gasteiger partial charge in [-0.15, -0.1) is 0 Å². The van der Waals surface area contributed by atoms with E-state index in [-0.39, 0.29) is 0 Å². The predicted molar refractivity (Wildman–Crippen MR) is 95.6 cm³/mol. The summed E-state index contributed by atoms with van der Waals surface area (Å²) in [7, 11) is 2.04. The molecule has 2 N–H and O–H groups in total. The second-order valence-electron chi connectivity index (χ2n) is 6.29. The molecule has 0 fully saturated rings. The van der Waals surface area contributed by atoms with E-state index in [2.05, 4.69) is 35.1 Å². The zero-order chi connectivity index (χ0) is 16.8. The maximum atomic E-state index is 10.2. The van der Waals surface area contributed by atoms with E-state index in [0.717, 1.165) is 22.5 Å². The molecule has 1 heterocycles. The Kier molecular flexibility index (Phi) is 6.13.